The maximum atomic E-state index is 14.3. The van der Waals surface area contributed by atoms with Crippen molar-refractivity contribution in [3.63, 3.8) is 0 Å². The molecule has 150 valence electrons. The Labute approximate surface area is 172 Å². The van der Waals surface area contributed by atoms with Crippen LogP contribution in [0.2, 0.25) is 0 Å². The van der Waals surface area contributed by atoms with Gasteiger partial charge >= 0.3 is 0 Å². The Morgan fingerprint density at radius 2 is 2.00 bits per heavy atom. The Hall–Kier alpha value is -3.74. The van der Waals surface area contributed by atoms with Crippen molar-refractivity contribution in [3.8, 4) is 17.1 Å². The SMILES string of the molecule is O=C(NC1CCCc2c1cnn2-c1ccccc1F)c1ccccc1-c1ncc[nH]1. The number of imidazole rings is 1. The number of para-hydroxylation sites is 1. The van der Waals surface area contributed by atoms with Crippen LogP contribution in [0.3, 0.4) is 0 Å². The third-order valence-corrected chi connectivity index (χ3v) is 5.49. The van der Waals surface area contributed by atoms with Gasteiger partial charge in [0, 0.05) is 29.2 Å². The third-order valence-electron chi connectivity index (χ3n) is 5.49. The van der Waals surface area contributed by atoms with E-state index in [-0.39, 0.29) is 17.8 Å². The molecule has 1 aliphatic rings. The number of aromatic amines is 1. The summed E-state index contributed by atoms with van der Waals surface area (Å²) in [6.45, 7) is 0. The van der Waals surface area contributed by atoms with E-state index >= 15 is 0 Å². The van der Waals surface area contributed by atoms with E-state index in [1.54, 1.807) is 47.5 Å². The van der Waals surface area contributed by atoms with Gasteiger partial charge in [-0.05, 0) is 37.5 Å². The number of halogens is 1. The van der Waals surface area contributed by atoms with Crippen LogP contribution in [0.5, 0.6) is 0 Å². The molecule has 4 aromatic rings. The number of hydrogen-bond acceptors (Lipinski definition) is 3. The van der Waals surface area contributed by atoms with Gasteiger partial charge in [0.1, 0.15) is 17.3 Å². The van der Waals surface area contributed by atoms with Crippen molar-refractivity contribution in [3.05, 3.63) is 89.8 Å². The van der Waals surface area contributed by atoms with Crippen LogP contribution in [-0.2, 0) is 6.42 Å². The molecule has 2 heterocycles. The highest BCUT2D eigenvalue weighted by Gasteiger charge is 2.27. The van der Waals surface area contributed by atoms with Crippen LogP contribution < -0.4 is 5.32 Å². The molecular formula is C23H20FN5O. The first-order valence-electron chi connectivity index (χ1n) is 9.93. The monoisotopic (exact) mass is 401 g/mol. The highest BCUT2D eigenvalue weighted by Crippen LogP contribution is 2.32. The summed E-state index contributed by atoms with van der Waals surface area (Å²) in [5.41, 5.74) is 3.61. The van der Waals surface area contributed by atoms with Gasteiger partial charge in [-0.3, -0.25) is 4.79 Å². The normalized spacial score (nSPS) is 15.6. The summed E-state index contributed by atoms with van der Waals surface area (Å²) in [7, 11) is 0. The molecule has 2 N–H and O–H groups in total. The fourth-order valence-corrected chi connectivity index (χ4v) is 4.07. The minimum Gasteiger partial charge on any atom is -0.345 e. The molecule has 0 radical (unpaired) electrons. The summed E-state index contributed by atoms with van der Waals surface area (Å²) in [4.78, 5) is 20.5. The number of H-pyrrole nitrogens is 1. The van der Waals surface area contributed by atoms with E-state index in [9.17, 15) is 9.18 Å². The lowest BCUT2D eigenvalue weighted by molar-refractivity contribution is 0.0933. The van der Waals surface area contributed by atoms with E-state index in [1.807, 2.05) is 18.2 Å². The lowest BCUT2D eigenvalue weighted by atomic mass is 9.92. The molecule has 0 fully saturated rings. The van der Waals surface area contributed by atoms with Gasteiger partial charge in [0.25, 0.3) is 5.91 Å². The summed E-state index contributed by atoms with van der Waals surface area (Å²) < 4.78 is 15.9. The van der Waals surface area contributed by atoms with Crippen LogP contribution in [-0.4, -0.2) is 25.7 Å². The fourth-order valence-electron chi connectivity index (χ4n) is 4.07. The van der Waals surface area contributed by atoms with Crippen LogP contribution in [0.1, 0.15) is 40.5 Å². The van der Waals surface area contributed by atoms with Gasteiger partial charge in [-0.15, -0.1) is 0 Å². The summed E-state index contributed by atoms with van der Waals surface area (Å²) in [5, 5.41) is 7.57. The first-order chi connectivity index (χ1) is 14.7. The minimum atomic E-state index is -0.318. The molecule has 7 heteroatoms. The highest BCUT2D eigenvalue weighted by molar-refractivity contribution is 6.00. The fraction of sp³-hybridized carbons (Fsp3) is 0.174. The van der Waals surface area contributed by atoms with Crippen molar-refractivity contribution < 1.29 is 9.18 Å². The van der Waals surface area contributed by atoms with Crippen LogP contribution in [0, 0.1) is 5.82 Å². The van der Waals surface area contributed by atoms with Crippen LogP contribution in [0.15, 0.2) is 67.1 Å². The van der Waals surface area contributed by atoms with Crippen LogP contribution in [0.4, 0.5) is 4.39 Å². The Morgan fingerprint density at radius 3 is 2.83 bits per heavy atom. The second-order valence-electron chi connectivity index (χ2n) is 7.31. The number of carbonyl (C=O) groups excluding carboxylic acids is 1. The minimum absolute atomic E-state index is 0.168. The predicted octanol–water partition coefficient (Wildman–Crippen LogP) is 4.21. The summed E-state index contributed by atoms with van der Waals surface area (Å²) in [5.74, 6) is 0.165. The maximum absolute atomic E-state index is 14.3. The lowest BCUT2D eigenvalue weighted by Gasteiger charge is -2.24. The van der Waals surface area contributed by atoms with Crippen molar-refractivity contribution >= 4 is 5.91 Å². The van der Waals surface area contributed by atoms with Gasteiger partial charge in [0.15, 0.2) is 0 Å². The number of amides is 1. The molecule has 0 bridgehead atoms. The predicted molar refractivity (Wildman–Crippen MR) is 111 cm³/mol. The molecule has 5 rings (SSSR count). The van der Waals surface area contributed by atoms with E-state index in [0.29, 0.717) is 17.1 Å². The molecule has 0 spiro atoms. The van der Waals surface area contributed by atoms with E-state index < -0.39 is 0 Å². The molecule has 1 aliphatic carbocycles. The van der Waals surface area contributed by atoms with Crippen molar-refractivity contribution in [1.29, 1.82) is 0 Å². The van der Waals surface area contributed by atoms with Crippen molar-refractivity contribution in [1.82, 2.24) is 25.1 Å². The number of rotatable bonds is 4. The van der Waals surface area contributed by atoms with Gasteiger partial charge in [0.2, 0.25) is 0 Å². The van der Waals surface area contributed by atoms with Crippen LogP contribution in [0.25, 0.3) is 17.1 Å². The number of fused-ring (bicyclic) bond motifs is 1. The molecule has 1 atom stereocenters. The Bertz CT molecular complexity index is 1200. The molecule has 1 unspecified atom stereocenters. The number of nitrogens with one attached hydrogen (secondary N) is 2. The molecule has 6 nitrogen and oxygen atoms in total. The number of benzene rings is 2. The lowest BCUT2D eigenvalue weighted by Crippen LogP contribution is -2.31. The number of aromatic nitrogens is 4. The maximum Gasteiger partial charge on any atom is 0.252 e. The zero-order chi connectivity index (χ0) is 20.5. The highest BCUT2D eigenvalue weighted by atomic mass is 19.1. The second kappa shape index (κ2) is 7.59. The first kappa shape index (κ1) is 18.3. The topological polar surface area (TPSA) is 75.6 Å². The second-order valence-corrected chi connectivity index (χ2v) is 7.31. The zero-order valence-corrected chi connectivity index (χ0v) is 16.2. The molecule has 2 aromatic heterocycles. The van der Waals surface area contributed by atoms with Gasteiger partial charge in [-0.2, -0.15) is 5.10 Å². The standard InChI is InChI=1S/C23H20FN5O/c24-18-8-3-4-10-21(18)29-20-11-5-9-19(17(20)14-27-29)28-23(30)16-7-2-1-6-15(16)22-25-12-13-26-22/h1-4,6-8,10,12-14,19H,5,9,11H2,(H,25,26)(H,28,30). The van der Waals surface area contributed by atoms with Crippen molar-refractivity contribution in [2.24, 2.45) is 0 Å². The molecule has 0 saturated heterocycles. The smallest absolute Gasteiger partial charge is 0.252 e. The summed E-state index contributed by atoms with van der Waals surface area (Å²) in [6, 6.07) is 13.8. The Kier molecular flexibility index (Phi) is 4.63. The van der Waals surface area contributed by atoms with Gasteiger partial charge < -0.3 is 10.3 Å². The number of nitrogens with zero attached hydrogens (tertiary/aromatic N) is 3. The van der Waals surface area contributed by atoms with Gasteiger partial charge in [0.05, 0.1) is 17.8 Å². The van der Waals surface area contributed by atoms with Crippen LogP contribution >= 0.6 is 0 Å². The molecule has 2 aromatic carbocycles. The number of carbonyl (C=O) groups is 1. The largest absolute Gasteiger partial charge is 0.345 e. The molecule has 30 heavy (non-hydrogen) atoms. The van der Waals surface area contributed by atoms with Gasteiger partial charge in [-0.1, -0.05) is 30.3 Å². The first-order valence-corrected chi connectivity index (χ1v) is 9.93. The van der Waals surface area contributed by atoms with Crippen molar-refractivity contribution in [2.75, 3.05) is 0 Å². The Balaban J connectivity index is 1.45. The average Bonchev–Trinajstić information content (AvgIpc) is 3.45. The molecule has 1 amide bonds. The molecule has 0 aliphatic heterocycles. The molecular weight excluding hydrogens is 381 g/mol. The Morgan fingerprint density at radius 1 is 1.17 bits per heavy atom. The van der Waals surface area contributed by atoms with Crippen molar-refractivity contribution in [2.45, 2.75) is 25.3 Å². The average molecular weight is 401 g/mol. The third kappa shape index (κ3) is 3.18. The van der Waals surface area contributed by atoms with E-state index in [4.69, 9.17) is 0 Å². The summed E-state index contributed by atoms with van der Waals surface area (Å²) >= 11 is 0. The number of hydrogen-bond donors (Lipinski definition) is 2. The summed E-state index contributed by atoms with van der Waals surface area (Å²) in [6.07, 6.45) is 7.62. The molecule has 0 saturated carbocycles. The van der Waals surface area contributed by atoms with E-state index in [2.05, 4.69) is 20.4 Å². The van der Waals surface area contributed by atoms with Gasteiger partial charge in [-0.25, -0.2) is 14.1 Å². The zero-order valence-electron chi connectivity index (χ0n) is 16.2. The quantitative estimate of drug-likeness (QED) is 0.538. The van der Waals surface area contributed by atoms with E-state index in [0.717, 1.165) is 36.1 Å². The van der Waals surface area contributed by atoms with E-state index in [1.165, 1.54) is 6.07 Å².